The first-order chi connectivity index (χ1) is 12.1. The van der Waals surface area contributed by atoms with Crippen molar-refractivity contribution in [1.82, 2.24) is 25.0 Å². The molecule has 0 spiro atoms. The van der Waals surface area contributed by atoms with Crippen LogP contribution in [0.1, 0.15) is 37.2 Å². The van der Waals surface area contributed by atoms with Gasteiger partial charge in [0.25, 0.3) is 0 Å². The van der Waals surface area contributed by atoms with Gasteiger partial charge in [-0.1, -0.05) is 36.3 Å². The average Bonchev–Trinajstić information content (AvgIpc) is 3.24. The Morgan fingerprint density at radius 1 is 1.36 bits per heavy atom. The number of hydrogen-bond acceptors (Lipinski definition) is 5. The number of carbonyl (C=O) groups is 1. The van der Waals surface area contributed by atoms with Crippen LogP contribution in [0, 0.1) is 6.92 Å². The number of hydrogen-bond donors (Lipinski definition) is 1. The van der Waals surface area contributed by atoms with Gasteiger partial charge in [0.15, 0.2) is 0 Å². The van der Waals surface area contributed by atoms with Gasteiger partial charge in [-0.3, -0.25) is 4.79 Å². The fourth-order valence-corrected chi connectivity index (χ4v) is 2.65. The third-order valence-electron chi connectivity index (χ3n) is 4.01. The minimum Gasteiger partial charge on any atom is -0.343 e. The second kappa shape index (κ2) is 7.29. The van der Waals surface area contributed by atoms with Crippen molar-refractivity contribution < 1.29 is 9.32 Å². The molecule has 1 aromatic carbocycles. The first kappa shape index (κ1) is 16.9. The molecular weight excluding hydrogens is 318 g/mol. The van der Waals surface area contributed by atoms with E-state index in [1.54, 1.807) is 12.4 Å². The molecule has 0 fully saturated rings. The van der Waals surface area contributed by atoms with Crippen molar-refractivity contribution in [3.63, 3.8) is 0 Å². The van der Waals surface area contributed by atoms with Crippen LogP contribution in [0.2, 0.25) is 0 Å². The Bertz CT molecular complexity index is 868. The van der Waals surface area contributed by atoms with Crippen LogP contribution in [0.4, 0.5) is 0 Å². The number of carbonyl (C=O) groups excluding carboxylic acids is 1. The quantitative estimate of drug-likeness (QED) is 0.746. The number of aryl methyl sites for hydroxylation is 2. The summed E-state index contributed by atoms with van der Waals surface area (Å²) in [5, 5.41) is 6.91. The van der Waals surface area contributed by atoms with Gasteiger partial charge in [0.2, 0.25) is 17.6 Å². The third kappa shape index (κ3) is 3.76. The summed E-state index contributed by atoms with van der Waals surface area (Å²) in [6.07, 6.45) is 4.27. The number of nitrogens with zero attached hydrogens (tertiary/aromatic N) is 4. The van der Waals surface area contributed by atoms with Gasteiger partial charge in [0.05, 0.1) is 0 Å². The molecule has 3 rings (SSSR count). The highest BCUT2D eigenvalue weighted by molar-refractivity contribution is 5.76. The van der Waals surface area contributed by atoms with E-state index in [2.05, 4.69) is 20.4 Å². The Morgan fingerprint density at radius 2 is 2.16 bits per heavy atom. The van der Waals surface area contributed by atoms with Gasteiger partial charge in [-0.05, 0) is 19.4 Å². The van der Waals surface area contributed by atoms with Crippen LogP contribution >= 0.6 is 0 Å². The lowest BCUT2D eigenvalue weighted by atomic mass is 10.1. The predicted octanol–water partition coefficient (Wildman–Crippen LogP) is 2.68. The van der Waals surface area contributed by atoms with E-state index in [1.165, 1.54) is 0 Å². The zero-order valence-corrected chi connectivity index (χ0v) is 14.6. The van der Waals surface area contributed by atoms with Crippen molar-refractivity contribution in [3.8, 4) is 11.4 Å². The summed E-state index contributed by atoms with van der Waals surface area (Å²) in [6.45, 7) is 6.03. The smallest absolute Gasteiger partial charge is 0.249 e. The van der Waals surface area contributed by atoms with Crippen LogP contribution < -0.4 is 5.32 Å². The fraction of sp³-hybridized carbons (Fsp3) is 0.333. The Morgan fingerprint density at radius 3 is 2.92 bits per heavy atom. The molecular formula is C18H21N5O2. The van der Waals surface area contributed by atoms with Crippen LogP contribution in [0.5, 0.6) is 0 Å². The molecule has 7 heteroatoms. The van der Waals surface area contributed by atoms with Crippen molar-refractivity contribution in [2.75, 3.05) is 0 Å². The minimum absolute atomic E-state index is 0.129. The summed E-state index contributed by atoms with van der Waals surface area (Å²) in [7, 11) is 0. The van der Waals surface area contributed by atoms with Crippen molar-refractivity contribution in [2.24, 2.45) is 0 Å². The van der Waals surface area contributed by atoms with Crippen molar-refractivity contribution in [2.45, 2.75) is 39.8 Å². The molecule has 1 amide bonds. The van der Waals surface area contributed by atoms with Crippen molar-refractivity contribution in [3.05, 3.63) is 53.9 Å². The fourth-order valence-electron chi connectivity index (χ4n) is 2.65. The molecule has 1 N–H and O–H groups in total. The van der Waals surface area contributed by atoms with Crippen molar-refractivity contribution >= 4 is 5.91 Å². The number of imidazole rings is 1. The maximum absolute atomic E-state index is 12.2. The zero-order valence-electron chi connectivity index (χ0n) is 14.6. The standard InChI is InChI=1S/C18H21N5O2/c1-4-15-19-9-10-23(15)11-16(24)20-13(3)18-21-17(22-25-18)14-8-6-5-7-12(14)2/h5-10,13H,4,11H2,1-3H3,(H,20,24)/t13-/m1/s1. The topological polar surface area (TPSA) is 85.8 Å². The van der Waals surface area contributed by atoms with E-state index in [9.17, 15) is 4.79 Å². The molecule has 0 radical (unpaired) electrons. The summed E-state index contributed by atoms with van der Waals surface area (Å²) in [6, 6.07) is 7.46. The molecule has 0 saturated carbocycles. The molecule has 0 unspecified atom stereocenters. The van der Waals surface area contributed by atoms with E-state index in [4.69, 9.17) is 4.52 Å². The Hall–Kier alpha value is -2.96. The normalized spacial score (nSPS) is 12.1. The lowest BCUT2D eigenvalue weighted by Crippen LogP contribution is -2.30. The number of amides is 1. The number of aromatic nitrogens is 4. The van der Waals surface area contributed by atoms with Crippen LogP contribution in [0.25, 0.3) is 11.4 Å². The largest absolute Gasteiger partial charge is 0.343 e. The van der Waals surface area contributed by atoms with Gasteiger partial charge < -0.3 is 14.4 Å². The summed E-state index contributed by atoms with van der Waals surface area (Å²) in [5.74, 6) is 1.66. The minimum atomic E-state index is -0.369. The maximum Gasteiger partial charge on any atom is 0.249 e. The Kier molecular flexibility index (Phi) is 4.92. The molecule has 2 aromatic heterocycles. The monoisotopic (exact) mass is 339 g/mol. The summed E-state index contributed by atoms with van der Waals surface area (Å²) < 4.78 is 7.15. The van der Waals surface area contributed by atoms with Gasteiger partial charge in [0.1, 0.15) is 18.4 Å². The number of benzene rings is 1. The average molecular weight is 339 g/mol. The summed E-state index contributed by atoms with van der Waals surface area (Å²) in [4.78, 5) is 20.9. The molecule has 7 nitrogen and oxygen atoms in total. The third-order valence-corrected chi connectivity index (χ3v) is 4.01. The van der Waals surface area contributed by atoms with Gasteiger partial charge in [0, 0.05) is 24.4 Å². The number of rotatable bonds is 6. The molecule has 130 valence electrons. The van der Waals surface area contributed by atoms with Crippen molar-refractivity contribution in [1.29, 1.82) is 0 Å². The zero-order chi connectivity index (χ0) is 17.8. The number of nitrogens with one attached hydrogen (secondary N) is 1. The predicted molar refractivity (Wildman–Crippen MR) is 92.6 cm³/mol. The van der Waals surface area contributed by atoms with E-state index < -0.39 is 0 Å². The summed E-state index contributed by atoms with van der Waals surface area (Å²) in [5.41, 5.74) is 1.99. The van der Waals surface area contributed by atoms with Gasteiger partial charge >= 0.3 is 0 Å². The van der Waals surface area contributed by atoms with Crippen LogP contribution in [0.3, 0.4) is 0 Å². The molecule has 0 aliphatic rings. The van der Waals surface area contributed by atoms with E-state index in [1.807, 2.05) is 49.6 Å². The van der Waals surface area contributed by atoms with E-state index in [0.29, 0.717) is 11.7 Å². The van der Waals surface area contributed by atoms with E-state index >= 15 is 0 Å². The molecule has 0 bridgehead atoms. The van der Waals surface area contributed by atoms with Gasteiger partial charge in [-0.2, -0.15) is 4.98 Å². The SMILES string of the molecule is CCc1nccn1CC(=O)N[C@H](C)c1nc(-c2ccccc2C)no1. The van der Waals surface area contributed by atoms with Gasteiger partial charge in [-0.15, -0.1) is 0 Å². The first-order valence-electron chi connectivity index (χ1n) is 8.27. The van der Waals surface area contributed by atoms with Crippen LogP contribution in [0.15, 0.2) is 41.2 Å². The summed E-state index contributed by atoms with van der Waals surface area (Å²) >= 11 is 0. The molecule has 2 heterocycles. The Balaban J connectivity index is 1.67. The highest BCUT2D eigenvalue weighted by atomic mass is 16.5. The van der Waals surface area contributed by atoms with Gasteiger partial charge in [-0.25, -0.2) is 4.98 Å². The highest BCUT2D eigenvalue weighted by Gasteiger charge is 2.18. The highest BCUT2D eigenvalue weighted by Crippen LogP contribution is 2.21. The lowest BCUT2D eigenvalue weighted by molar-refractivity contribution is -0.122. The Labute approximate surface area is 146 Å². The van der Waals surface area contributed by atoms with E-state index in [-0.39, 0.29) is 18.5 Å². The molecule has 0 aliphatic heterocycles. The molecule has 1 atom stereocenters. The molecule has 0 saturated heterocycles. The van der Waals surface area contributed by atoms with Crippen LogP contribution in [-0.4, -0.2) is 25.6 Å². The second-order valence-corrected chi connectivity index (χ2v) is 5.89. The van der Waals surface area contributed by atoms with E-state index in [0.717, 1.165) is 23.4 Å². The maximum atomic E-state index is 12.2. The second-order valence-electron chi connectivity index (χ2n) is 5.89. The molecule has 25 heavy (non-hydrogen) atoms. The lowest BCUT2D eigenvalue weighted by Gasteiger charge is -2.11. The molecule has 0 aliphatic carbocycles. The first-order valence-corrected chi connectivity index (χ1v) is 8.27. The molecule has 3 aromatic rings. The van der Waals surface area contributed by atoms with Crippen LogP contribution in [-0.2, 0) is 17.8 Å².